The highest BCUT2D eigenvalue weighted by atomic mass is 32.2. The van der Waals surface area contributed by atoms with Gasteiger partial charge >= 0.3 is 0 Å². The van der Waals surface area contributed by atoms with Crippen LogP contribution in [0.1, 0.15) is 43.3 Å². The minimum Gasteiger partial charge on any atom is -0.392 e. The van der Waals surface area contributed by atoms with Gasteiger partial charge in [0.05, 0.1) is 11.8 Å². The van der Waals surface area contributed by atoms with E-state index in [9.17, 15) is 13.5 Å². The predicted molar refractivity (Wildman–Crippen MR) is 85.0 cm³/mol. The van der Waals surface area contributed by atoms with Crippen LogP contribution in [0.15, 0.2) is 5.38 Å². The van der Waals surface area contributed by atoms with E-state index >= 15 is 0 Å². The normalized spacial score (nSPS) is 22.3. The van der Waals surface area contributed by atoms with Crippen LogP contribution in [0.4, 0.5) is 0 Å². The molecule has 1 N–H and O–H groups in total. The van der Waals surface area contributed by atoms with Gasteiger partial charge in [0.1, 0.15) is 10.8 Å². The van der Waals surface area contributed by atoms with Crippen molar-refractivity contribution < 1.29 is 13.5 Å². The predicted octanol–water partition coefficient (Wildman–Crippen LogP) is 1.81. The third-order valence-electron chi connectivity index (χ3n) is 3.88. The average Bonchev–Trinajstić information content (AvgIpc) is 2.83. The van der Waals surface area contributed by atoms with Crippen LogP contribution in [0.5, 0.6) is 0 Å². The minimum absolute atomic E-state index is 0.0126. The lowest BCUT2D eigenvalue weighted by atomic mass is 9.96. The summed E-state index contributed by atoms with van der Waals surface area (Å²) in [6.45, 7) is 3.67. The molecular formula is C14H24N2O3S2. The molecule has 1 saturated heterocycles. The minimum atomic E-state index is -3.03. The Kier molecular flexibility index (Phi) is 5.76. The maximum absolute atomic E-state index is 11.3. The SMILES string of the molecule is CCC(O)C1CCCCN1Cc1csc(CS(C)(=O)=O)n1. The van der Waals surface area contributed by atoms with Crippen molar-refractivity contribution in [3.05, 3.63) is 16.1 Å². The molecule has 2 atom stereocenters. The van der Waals surface area contributed by atoms with Crippen LogP contribution < -0.4 is 0 Å². The van der Waals surface area contributed by atoms with Crippen molar-refractivity contribution >= 4 is 21.2 Å². The Morgan fingerprint density at radius 1 is 1.52 bits per heavy atom. The lowest BCUT2D eigenvalue weighted by Crippen LogP contribution is -2.46. The van der Waals surface area contributed by atoms with Gasteiger partial charge in [0.15, 0.2) is 9.84 Å². The number of aliphatic hydroxyl groups is 1. The van der Waals surface area contributed by atoms with E-state index in [1.54, 1.807) is 0 Å². The number of nitrogens with zero attached hydrogens (tertiary/aromatic N) is 2. The van der Waals surface area contributed by atoms with Gasteiger partial charge in [-0.1, -0.05) is 13.3 Å². The molecule has 0 radical (unpaired) electrons. The van der Waals surface area contributed by atoms with Crippen LogP contribution in [0.25, 0.3) is 0 Å². The summed E-state index contributed by atoms with van der Waals surface area (Å²) in [4.78, 5) is 6.71. The number of aromatic nitrogens is 1. The number of aliphatic hydroxyl groups excluding tert-OH is 1. The molecule has 120 valence electrons. The number of hydrogen-bond donors (Lipinski definition) is 1. The number of likely N-dealkylation sites (tertiary alicyclic amines) is 1. The van der Waals surface area contributed by atoms with Crippen LogP contribution in [0, 0.1) is 0 Å². The fraction of sp³-hybridized carbons (Fsp3) is 0.786. The molecule has 1 aromatic heterocycles. The Hall–Kier alpha value is -0.500. The summed E-state index contributed by atoms with van der Waals surface area (Å²) in [6, 6.07) is 0.198. The van der Waals surface area contributed by atoms with E-state index in [0.29, 0.717) is 11.6 Å². The van der Waals surface area contributed by atoms with Crippen LogP contribution in [-0.2, 0) is 22.1 Å². The highest BCUT2D eigenvalue weighted by Gasteiger charge is 2.28. The number of piperidine rings is 1. The zero-order valence-corrected chi connectivity index (χ0v) is 14.3. The summed E-state index contributed by atoms with van der Waals surface area (Å²) in [5.74, 6) is 0.0126. The van der Waals surface area contributed by atoms with Crippen molar-refractivity contribution in [2.75, 3.05) is 12.8 Å². The van der Waals surface area contributed by atoms with Crippen LogP contribution >= 0.6 is 11.3 Å². The second kappa shape index (κ2) is 7.17. The molecule has 1 aliphatic rings. The first kappa shape index (κ1) is 16.9. The fourth-order valence-corrected chi connectivity index (χ4v) is 4.84. The van der Waals surface area contributed by atoms with Gasteiger partial charge < -0.3 is 5.11 Å². The fourth-order valence-electron chi connectivity index (χ4n) is 2.84. The highest BCUT2D eigenvalue weighted by molar-refractivity contribution is 7.90. The van der Waals surface area contributed by atoms with E-state index in [1.807, 2.05) is 12.3 Å². The molecule has 7 heteroatoms. The molecule has 0 bridgehead atoms. The standard InChI is InChI=1S/C14H24N2O3S2/c1-3-13(17)12-6-4-5-7-16(12)8-11-9-20-14(15-11)10-21(2,18)19/h9,12-13,17H,3-8,10H2,1-2H3. The van der Waals surface area contributed by atoms with Gasteiger partial charge in [0.25, 0.3) is 0 Å². The van der Waals surface area contributed by atoms with Gasteiger partial charge in [0.2, 0.25) is 0 Å². The van der Waals surface area contributed by atoms with Gasteiger partial charge in [-0.2, -0.15) is 0 Å². The number of sulfone groups is 1. The number of hydrogen-bond acceptors (Lipinski definition) is 6. The Balaban J connectivity index is 2.02. The molecule has 0 saturated carbocycles. The van der Waals surface area contributed by atoms with E-state index in [1.165, 1.54) is 17.6 Å². The van der Waals surface area contributed by atoms with Gasteiger partial charge in [-0.15, -0.1) is 11.3 Å². The van der Waals surface area contributed by atoms with E-state index in [-0.39, 0.29) is 17.9 Å². The molecule has 2 heterocycles. The van der Waals surface area contributed by atoms with Crippen molar-refractivity contribution in [1.29, 1.82) is 0 Å². The van der Waals surface area contributed by atoms with Crippen molar-refractivity contribution in [2.24, 2.45) is 0 Å². The van der Waals surface area contributed by atoms with Crippen molar-refractivity contribution in [3.63, 3.8) is 0 Å². The maximum Gasteiger partial charge on any atom is 0.153 e. The first-order valence-corrected chi connectivity index (χ1v) is 10.4. The topological polar surface area (TPSA) is 70.5 Å². The molecule has 1 aromatic rings. The molecule has 1 aliphatic heterocycles. The average molecular weight is 332 g/mol. The Labute approximate surface area is 130 Å². The Bertz CT molecular complexity index is 556. The molecule has 21 heavy (non-hydrogen) atoms. The van der Waals surface area contributed by atoms with Gasteiger partial charge in [0, 0.05) is 24.2 Å². The second-order valence-electron chi connectivity index (χ2n) is 5.81. The Morgan fingerprint density at radius 3 is 2.95 bits per heavy atom. The summed E-state index contributed by atoms with van der Waals surface area (Å²) in [6.07, 6.45) is 5.03. The summed E-state index contributed by atoms with van der Waals surface area (Å²) in [7, 11) is -3.03. The zero-order chi connectivity index (χ0) is 15.5. The van der Waals surface area contributed by atoms with Crippen LogP contribution in [-0.4, -0.2) is 48.4 Å². The lowest BCUT2D eigenvalue weighted by molar-refractivity contribution is 0.0190. The lowest BCUT2D eigenvalue weighted by Gasteiger charge is -2.37. The third kappa shape index (κ3) is 5.02. The molecule has 2 rings (SSSR count). The summed E-state index contributed by atoms with van der Waals surface area (Å²) in [5, 5.41) is 12.7. The molecule has 0 spiro atoms. The molecule has 0 aliphatic carbocycles. The van der Waals surface area contributed by atoms with Crippen molar-refractivity contribution in [2.45, 2.75) is 57.1 Å². The van der Waals surface area contributed by atoms with E-state index in [4.69, 9.17) is 0 Å². The summed E-state index contributed by atoms with van der Waals surface area (Å²) >= 11 is 1.40. The third-order valence-corrected chi connectivity index (χ3v) is 5.75. The van der Waals surface area contributed by atoms with Gasteiger partial charge in [-0.3, -0.25) is 4.90 Å². The molecule has 1 fully saturated rings. The van der Waals surface area contributed by atoms with Crippen LogP contribution in [0.2, 0.25) is 0 Å². The van der Waals surface area contributed by atoms with E-state index < -0.39 is 9.84 Å². The van der Waals surface area contributed by atoms with Gasteiger partial charge in [-0.25, -0.2) is 13.4 Å². The smallest absolute Gasteiger partial charge is 0.153 e. The maximum atomic E-state index is 11.3. The van der Waals surface area contributed by atoms with E-state index in [0.717, 1.165) is 37.9 Å². The highest BCUT2D eigenvalue weighted by Crippen LogP contribution is 2.24. The quantitative estimate of drug-likeness (QED) is 0.860. The summed E-state index contributed by atoms with van der Waals surface area (Å²) < 4.78 is 22.6. The van der Waals surface area contributed by atoms with E-state index in [2.05, 4.69) is 9.88 Å². The first-order valence-electron chi connectivity index (χ1n) is 7.42. The number of rotatable bonds is 6. The molecule has 0 amide bonds. The largest absolute Gasteiger partial charge is 0.392 e. The zero-order valence-electron chi connectivity index (χ0n) is 12.7. The molecular weight excluding hydrogens is 308 g/mol. The van der Waals surface area contributed by atoms with Crippen molar-refractivity contribution in [3.8, 4) is 0 Å². The number of thiazole rings is 1. The Morgan fingerprint density at radius 2 is 2.29 bits per heavy atom. The first-order chi connectivity index (χ1) is 9.89. The molecule has 2 unspecified atom stereocenters. The van der Waals surface area contributed by atoms with Gasteiger partial charge in [-0.05, 0) is 25.8 Å². The molecule has 5 nitrogen and oxygen atoms in total. The van der Waals surface area contributed by atoms with Crippen LogP contribution in [0.3, 0.4) is 0 Å². The monoisotopic (exact) mass is 332 g/mol. The summed E-state index contributed by atoms with van der Waals surface area (Å²) in [5.41, 5.74) is 0.911. The van der Waals surface area contributed by atoms with Crippen molar-refractivity contribution in [1.82, 2.24) is 9.88 Å². The second-order valence-corrected chi connectivity index (χ2v) is 8.89. The molecule has 0 aromatic carbocycles.